The zero-order chi connectivity index (χ0) is 17.2. The Hall–Kier alpha value is -1.56. The van der Waals surface area contributed by atoms with Crippen LogP contribution in [-0.2, 0) is 13.1 Å². The maximum absolute atomic E-state index is 11.6. The summed E-state index contributed by atoms with van der Waals surface area (Å²) < 4.78 is 2.24. The highest BCUT2D eigenvalue weighted by Gasteiger charge is 2.68. The van der Waals surface area contributed by atoms with Crippen LogP contribution in [0.25, 0.3) is 0 Å². The van der Waals surface area contributed by atoms with Crippen molar-refractivity contribution in [2.75, 3.05) is 19.6 Å². The van der Waals surface area contributed by atoms with E-state index in [0.29, 0.717) is 12.0 Å². The largest absolute Gasteiger partial charge is 0.465 e. The first kappa shape index (κ1) is 15.9. The van der Waals surface area contributed by atoms with Gasteiger partial charge in [0.25, 0.3) is 0 Å². The van der Waals surface area contributed by atoms with Crippen molar-refractivity contribution >= 4 is 6.09 Å². The first-order chi connectivity index (χ1) is 11.2. The van der Waals surface area contributed by atoms with Crippen LogP contribution >= 0.6 is 0 Å². The number of fused-ring (bicyclic) bond motifs is 1. The quantitative estimate of drug-likeness (QED) is 0.921. The second-order valence-corrected chi connectivity index (χ2v) is 9.32. The summed E-state index contributed by atoms with van der Waals surface area (Å²) in [7, 11) is 0. The average Bonchev–Trinajstić information content (AvgIpc) is 2.85. The van der Waals surface area contributed by atoms with Gasteiger partial charge in [0.1, 0.15) is 5.82 Å². The zero-order valence-electron chi connectivity index (χ0n) is 15.0. The predicted octanol–water partition coefficient (Wildman–Crippen LogP) is 2.65. The van der Waals surface area contributed by atoms with Gasteiger partial charge in [0.2, 0.25) is 0 Å². The standard InChI is InChI=1S/C18H28N4O2/c1-16(2,3)22(15(23)24)13-18-9-17(10-18,11-18)12-20-6-7-21-5-4-19-14(21)8-20/h4-5H,6-13H2,1-3H3,(H,23,24). The summed E-state index contributed by atoms with van der Waals surface area (Å²) in [5.41, 5.74) is 0.370. The third-order valence-corrected chi connectivity index (χ3v) is 6.17. The molecule has 1 aliphatic heterocycles. The van der Waals surface area contributed by atoms with Gasteiger partial charge in [0, 0.05) is 44.1 Å². The fourth-order valence-electron chi connectivity index (χ4n) is 5.33. The smallest absolute Gasteiger partial charge is 0.407 e. The normalized spacial score (nSPS) is 31.8. The Balaban J connectivity index is 1.33. The summed E-state index contributed by atoms with van der Waals surface area (Å²) in [4.78, 5) is 20.2. The Morgan fingerprint density at radius 2 is 2.00 bits per heavy atom. The highest BCUT2D eigenvalue weighted by atomic mass is 16.4. The molecule has 132 valence electrons. The maximum atomic E-state index is 11.6. The van der Waals surface area contributed by atoms with E-state index in [2.05, 4.69) is 20.6 Å². The molecule has 0 saturated heterocycles. The minimum atomic E-state index is -0.788. The third kappa shape index (κ3) is 2.51. The number of amides is 1. The summed E-state index contributed by atoms with van der Waals surface area (Å²) in [6.45, 7) is 10.9. The number of hydrogen-bond donors (Lipinski definition) is 1. The molecule has 0 radical (unpaired) electrons. The van der Waals surface area contributed by atoms with E-state index in [1.54, 1.807) is 4.90 Å². The number of nitrogens with zero attached hydrogens (tertiary/aromatic N) is 4. The van der Waals surface area contributed by atoms with Crippen molar-refractivity contribution < 1.29 is 9.90 Å². The topological polar surface area (TPSA) is 61.6 Å². The van der Waals surface area contributed by atoms with Crippen LogP contribution in [-0.4, -0.2) is 55.7 Å². The van der Waals surface area contributed by atoms with Crippen molar-refractivity contribution in [2.45, 2.75) is 58.7 Å². The van der Waals surface area contributed by atoms with Gasteiger partial charge >= 0.3 is 6.09 Å². The lowest BCUT2D eigenvalue weighted by atomic mass is 9.35. The number of aromatic nitrogens is 2. The van der Waals surface area contributed by atoms with Crippen LogP contribution in [0.15, 0.2) is 12.4 Å². The Labute approximate surface area is 143 Å². The van der Waals surface area contributed by atoms with Crippen LogP contribution in [0.5, 0.6) is 0 Å². The molecule has 2 bridgehead atoms. The molecule has 3 aliphatic carbocycles. The monoisotopic (exact) mass is 332 g/mol. The van der Waals surface area contributed by atoms with E-state index in [-0.39, 0.29) is 11.0 Å². The van der Waals surface area contributed by atoms with Gasteiger partial charge in [-0.25, -0.2) is 9.78 Å². The predicted molar refractivity (Wildman–Crippen MR) is 90.7 cm³/mol. The highest BCUT2D eigenvalue weighted by molar-refractivity contribution is 5.66. The van der Waals surface area contributed by atoms with Crippen molar-refractivity contribution in [1.29, 1.82) is 0 Å². The Bertz CT molecular complexity index is 640. The summed E-state index contributed by atoms with van der Waals surface area (Å²) >= 11 is 0. The number of imidazole rings is 1. The molecule has 0 aromatic carbocycles. The van der Waals surface area contributed by atoms with Gasteiger partial charge in [-0.2, -0.15) is 0 Å². The maximum Gasteiger partial charge on any atom is 0.407 e. The molecule has 0 atom stereocenters. The SMILES string of the molecule is CC(C)(C)N(CC12CC(CN3CCn4ccnc4C3)(C1)C2)C(=O)O. The van der Waals surface area contributed by atoms with Gasteiger partial charge in [-0.15, -0.1) is 0 Å². The molecule has 1 amide bonds. The molecule has 6 nitrogen and oxygen atoms in total. The van der Waals surface area contributed by atoms with E-state index >= 15 is 0 Å². The number of carboxylic acid groups (broad SMARTS) is 1. The van der Waals surface area contributed by atoms with Crippen LogP contribution < -0.4 is 0 Å². The summed E-state index contributed by atoms with van der Waals surface area (Å²) in [6.07, 6.45) is 6.72. The van der Waals surface area contributed by atoms with Crippen molar-refractivity contribution in [1.82, 2.24) is 19.4 Å². The molecule has 4 aliphatic rings. The van der Waals surface area contributed by atoms with Crippen molar-refractivity contribution in [3.8, 4) is 0 Å². The fourth-order valence-corrected chi connectivity index (χ4v) is 5.33. The van der Waals surface area contributed by atoms with E-state index in [4.69, 9.17) is 0 Å². The average molecular weight is 332 g/mol. The molecule has 6 heteroatoms. The molecule has 0 unspecified atom stereocenters. The van der Waals surface area contributed by atoms with E-state index < -0.39 is 6.09 Å². The molecule has 0 spiro atoms. The number of carbonyl (C=O) groups is 1. The highest BCUT2D eigenvalue weighted by Crippen LogP contribution is 2.73. The summed E-state index contributed by atoms with van der Waals surface area (Å²) in [5.74, 6) is 1.17. The van der Waals surface area contributed by atoms with Crippen LogP contribution in [0.4, 0.5) is 4.79 Å². The second-order valence-electron chi connectivity index (χ2n) is 9.32. The number of hydrogen-bond acceptors (Lipinski definition) is 3. The van der Waals surface area contributed by atoms with E-state index in [0.717, 1.165) is 26.2 Å². The van der Waals surface area contributed by atoms with Gasteiger partial charge in [-0.1, -0.05) is 0 Å². The summed E-state index contributed by atoms with van der Waals surface area (Å²) in [5, 5.41) is 9.52. The molecule has 1 aromatic heterocycles. The van der Waals surface area contributed by atoms with Crippen molar-refractivity contribution in [2.24, 2.45) is 10.8 Å². The molecule has 2 heterocycles. The lowest BCUT2D eigenvalue weighted by Gasteiger charge is -2.73. The molecular formula is C18H28N4O2. The molecule has 5 rings (SSSR count). The number of rotatable bonds is 4. The first-order valence-electron chi connectivity index (χ1n) is 8.94. The van der Waals surface area contributed by atoms with Gasteiger partial charge in [-0.05, 0) is 50.9 Å². The van der Waals surface area contributed by atoms with E-state index in [1.165, 1.54) is 25.1 Å². The second kappa shape index (κ2) is 4.97. The Morgan fingerprint density at radius 1 is 1.29 bits per heavy atom. The molecule has 3 saturated carbocycles. The van der Waals surface area contributed by atoms with Gasteiger partial charge in [0.15, 0.2) is 0 Å². The van der Waals surface area contributed by atoms with Gasteiger partial charge < -0.3 is 14.6 Å². The lowest BCUT2D eigenvalue weighted by Crippen LogP contribution is -2.70. The third-order valence-electron chi connectivity index (χ3n) is 6.17. The van der Waals surface area contributed by atoms with Crippen LogP contribution in [0.3, 0.4) is 0 Å². The van der Waals surface area contributed by atoms with E-state index in [1.807, 2.05) is 27.0 Å². The van der Waals surface area contributed by atoms with Crippen molar-refractivity contribution in [3.05, 3.63) is 18.2 Å². The minimum absolute atomic E-state index is 0.250. The minimum Gasteiger partial charge on any atom is -0.465 e. The van der Waals surface area contributed by atoms with E-state index in [9.17, 15) is 9.90 Å². The Kier molecular flexibility index (Phi) is 3.30. The van der Waals surface area contributed by atoms with Crippen LogP contribution in [0, 0.1) is 10.8 Å². The molecule has 1 N–H and O–H groups in total. The fraction of sp³-hybridized carbons (Fsp3) is 0.778. The van der Waals surface area contributed by atoms with Gasteiger partial charge in [-0.3, -0.25) is 4.90 Å². The molecule has 24 heavy (non-hydrogen) atoms. The van der Waals surface area contributed by atoms with Crippen LogP contribution in [0.1, 0.15) is 45.9 Å². The Morgan fingerprint density at radius 3 is 2.62 bits per heavy atom. The summed E-state index contributed by atoms with van der Waals surface area (Å²) in [6, 6.07) is 0. The molecule has 1 aromatic rings. The molecule has 3 fully saturated rings. The molecular weight excluding hydrogens is 304 g/mol. The zero-order valence-corrected chi connectivity index (χ0v) is 15.0. The van der Waals surface area contributed by atoms with Crippen molar-refractivity contribution in [3.63, 3.8) is 0 Å². The lowest BCUT2D eigenvalue weighted by molar-refractivity contribution is -0.224. The first-order valence-corrected chi connectivity index (χ1v) is 8.94. The van der Waals surface area contributed by atoms with Gasteiger partial charge in [0.05, 0.1) is 6.54 Å². The van der Waals surface area contributed by atoms with Crippen LogP contribution in [0.2, 0.25) is 0 Å².